The number of ether oxygens (including phenoxy) is 3. The summed E-state index contributed by atoms with van der Waals surface area (Å²) in [4.78, 5) is 15.3. The zero-order chi connectivity index (χ0) is 28.1. The molecule has 10 heteroatoms. The minimum Gasteiger partial charge on any atom is -0.493 e. The Balaban J connectivity index is 1.43. The number of carbonyl (C=O) groups excluding carboxylic acids is 1. The number of amides is 1. The van der Waals surface area contributed by atoms with E-state index in [2.05, 4.69) is 15.7 Å². The Morgan fingerprint density at radius 3 is 2.65 bits per heavy atom. The highest BCUT2D eigenvalue weighted by atomic mass is 35.5. The first kappa shape index (κ1) is 27.4. The van der Waals surface area contributed by atoms with Gasteiger partial charge in [-0.2, -0.15) is 0 Å². The van der Waals surface area contributed by atoms with Crippen molar-refractivity contribution in [2.75, 3.05) is 37.8 Å². The molecule has 40 heavy (non-hydrogen) atoms. The molecule has 214 valence electrons. The van der Waals surface area contributed by atoms with Gasteiger partial charge < -0.3 is 19.1 Å². The number of hydrogen-bond acceptors (Lipinski definition) is 7. The number of nitrogens with zero attached hydrogens (tertiary/aromatic N) is 1. The lowest BCUT2D eigenvalue weighted by molar-refractivity contribution is -0.139. The molecular formula is C30H35ClN2O6S. The van der Waals surface area contributed by atoms with Crippen LogP contribution in [0.5, 0.6) is 11.5 Å². The van der Waals surface area contributed by atoms with Gasteiger partial charge in [0.2, 0.25) is 0 Å². The number of halogens is 1. The quantitative estimate of drug-likeness (QED) is 0.441. The highest BCUT2D eigenvalue weighted by Gasteiger charge is 2.44. The summed E-state index contributed by atoms with van der Waals surface area (Å²) in [6.45, 7) is 5.77. The number of anilines is 1. The smallest absolute Gasteiger partial charge is 0.265 e. The first-order valence-electron chi connectivity index (χ1n) is 13.9. The highest BCUT2D eigenvalue weighted by Crippen LogP contribution is 2.47. The minimum absolute atomic E-state index is 0.0104. The van der Waals surface area contributed by atoms with Crippen molar-refractivity contribution in [2.24, 2.45) is 11.8 Å². The number of benzene rings is 2. The fourth-order valence-corrected chi connectivity index (χ4v) is 7.49. The van der Waals surface area contributed by atoms with Gasteiger partial charge in [0.15, 0.2) is 0 Å². The van der Waals surface area contributed by atoms with Crippen molar-refractivity contribution < 1.29 is 27.4 Å². The van der Waals surface area contributed by atoms with Crippen molar-refractivity contribution in [2.45, 2.75) is 55.4 Å². The fourth-order valence-electron chi connectivity index (χ4n) is 6.20. The number of rotatable bonds is 0. The SMILES string of the molecule is CC1(C)OC/C=C/C[C@@H]2CC[C@H]2CN2C[C@@]3(CCOc4cc(Cl)ccc43)COc3ccc(cc32)S(=O)(=O)NC1=O. The normalized spacial score (nSPS) is 29.9. The molecule has 1 fully saturated rings. The molecule has 2 bridgehead atoms. The Morgan fingerprint density at radius 1 is 1.02 bits per heavy atom. The van der Waals surface area contributed by atoms with Crippen molar-refractivity contribution >= 4 is 33.2 Å². The van der Waals surface area contributed by atoms with Crippen LogP contribution in [0.25, 0.3) is 0 Å². The maximum absolute atomic E-state index is 13.4. The van der Waals surface area contributed by atoms with Crippen LogP contribution >= 0.6 is 11.6 Å². The molecular weight excluding hydrogens is 552 g/mol. The lowest BCUT2D eigenvalue weighted by atomic mass is 9.71. The molecule has 0 radical (unpaired) electrons. The van der Waals surface area contributed by atoms with Gasteiger partial charge >= 0.3 is 0 Å². The number of fused-ring (bicyclic) bond motifs is 4. The van der Waals surface area contributed by atoms with Gasteiger partial charge in [-0.3, -0.25) is 4.79 Å². The number of sulfonamides is 1. The maximum atomic E-state index is 13.4. The van der Waals surface area contributed by atoms with Crippen molar-refractivity contribution in [1.82, 2.24) is 4.72 Å². The summed E-state index contributed by atoms with van der Waals surface area (Å²) in [5.41, 5.74) is 0.0998. The lowest BCUT2D eigenvalue weighted by Crippen LogP contribution is -2.49. The van der Waals surface area contributed by atoms with E-state index in [0.717, 1.165) is 49.2 Å². The molecule has 3 aliphatic heterocycles. The van der Waals surface area contributed by atoms with Crippen LogP contribution in [0.3, 0.4) is 0 Å². The predicted octanol–water partition coefficient (Wildman–Crippen LogP) is 4.85. The molecule has 6 rings (SSSR count). The number of hydrogen-bond donors (Lipinski definition) is 1. The lowest BCUT2D eigenvalue weighted by Gasteiger charge is -2.44. The largest absolute Gasteiger partial charge is 0.493 e. The Bertz CT molecular complexity index is 1460. The van der Waals surface area contributed by atoms with Crippen LogP contribution in [0.2, 0.25) is 5.02 Å². The van der Waals surface area contributed by atoms with E-state index in [1.807, 2.05) is 24.3 Å². The standard InChI is InChI=1S/C30H35ClN2O6S/c1-29(2)28(34)32-40(35,36)23-9-11-26-25(16-23)33(17-21-7-6-20(21)5-3-4-13-39-29)18-30(19-38-26)12-14-37-27-15-22(31)8-10-24(27)30/h3-4,8-11,15-16,20-21H,5-7,12-14,17-19H2,1-2H3,(H,32,34)/b4-3+/t20-,21+,30+/m1/s1. The topological polar surface area (TPSA) is 94.2 Å². The van der Waals surface area contributed by atoms with E-state index < -0.39 is 21.5 Å². The summed E-state index contributed by atoms with van der Waals surface area (Å²) >= 11 is 6.30. The summed E-state index contributed by atoms with van der Waals surface area (Å²) in [5, 5.41) is 0.620. The molecule has 0 aromatic heterocycles. The second-order valence-electron chi connectivity index (χ2n) is 11.9. The van der Waals surface area contributed by atoms with Crippen LogP contribution in [0.4, 0.5) is 5.69 Å². The molecule has 2 aromatic rings. The van der Waals surface area contributed by atoms with Crippen LogP contribution in [0, 0.1) is 11.8 Å². The molecule has 3 heterocycles. The second kappa shape index (κ2) is 10.3. The Kier molecular flexibility index (Phi) is 7.04. The average Bonchev–Trinajstić information content (AvgIpc) is 3.05. The zero-order valence-electron chi connectivity index (χ0n) is 22.8. The van der Waals surface area contributed by atoms with Crippen LogP contribution in [0.15, 0.2) is 53.4 Å². The molecule has 1 saturated carbocycles. The van der Waals surface area contributed by atoms with Crippen molar-refractivity contribution in [3.05, 3.63) is 59.1 Å². The van der Waals surface area contributed by atoms with Gasteiger partial charge in [-0.15, -0.1) is 0 Å². The number of allylic oxidation sites excluding steroid dienone is 1. The van der Waals surface area contributed by atoms with E-state index >= 15 is 0 Å². The van der Waals surface area contributed by atoms with Gasteiger partial charge in [0.05, 0.1) is 35.8 Å². The van der Waals surface area contributed by atoms with Crippen LogP contribution in [0.1, 0.15) is 45.1 Å². The van der Waals surface area contributed by atoms with Crippen LogP contribution in [-0.2, 0) is 25.0 Å². The third-order valence-electron chi connectivity index (χ3n) is 8.88. The second-order valence-corrected chi connectivity index (χ2v) is 14.0. The highest BCUT2D eigenvalue weighted by molar-refractivity contribution is 7.90. The summed E-state index contributed by atoms with van der Waals surface area (Å²) < 4.78 is 47.2. The van der Waals surface area contributed by atoms with E-state index in [1.165, 1.54) is 6.07 Å². The molecule has 4 aliphatic rings. The van der Waals surface area contributed by atoms with Crippen LogP contribution in [-0.4, -0.2) is 52.8 Å². The third-order valence-corrected chi connectivity index (χ3v) is 10.4. The van der Waals surface area contributed by atoms with Gasteiger partial charge in [-0.1, -0.05) is 29.8 Å². The average molecular weight is 587 g/mol. The Labute approximate surface area is 240 Å². The van der Waals surface area contributed by atoms with E-state index in [0.29, 0.717) is 42.4 Å². The fraction of sp³-hybridized carbons (Fsp3) is 0.500. The summed E-state index contributed by atoms with van der Waals surface area (Å²) in [6, 6.07) is 10.6. The summed E-state index contributed by atoms with van der Waals surface area (Å²) in [7, 11) is -4.15. The maximum Gasteiger partial charge on any atom is 0.265 e. The van der Waals surface area contributed by atoms with E-state index in [1.54, 1.807) is 26.0 Å². The van der Waals surface area contributed by atoms with Crippen molar-refractivity contribution in [3.63, 3.8) is 0 Å². The zero-order valence-corrected chi connectivity index (χ0v) is 24.4. The van der Waals surface area contributed by atoms with Gasteiger partial charge in [0, 0.05) is 23.7 Å². The molecule has 1 N–H and O–H groups in total. The summed E-state index contributed by atoms with van der Waals surface area (Å²) in [6.07, 6.45) is 8.00. The van der Waals surface area contributed by atoms with Gasteiger partial charge in [-0.25, -0.2) is 13.1 Å². The molecule has 0 saturated heterocycles. The van der Waals surface area contributed by atoms with Gasteiger partial charge in [0.25, 0.3) is 15.9 Å². The van der Waals surface area contributed by atoms with E-state index in [4.69, 9.17) is 25.8 Å². The number of nitrogens with one attached hydrogen (secondary N) is 1. The monoisotopic (exact) mass is 586 g/mol. The first-order valence-corrected chi connectivity index (χ1v) is 15.7. The molecule has 1 aliphatic carbocycles. The van der Waals surface area contributed by atoms with Crippen LogP contribution < -0.4 is 19.1 Å². The molecule has 1 spiro atoms. The first-order chi connectivity index (χ1) is 19.1. The molecule has 3 atom stereocenters. The molecule has 1 amide bonds. The Morgan fingerprint density at radius 2 is 1.85 bits per heavy atom. The van der Waals surface area contributed by atoms with Gasteiger partial charge in [0.1, 0.15) is 17.1 Å². The summed E-state index contributed by atoms with van der Waals surface area (Å²) in [5.74, 6) is 1.67. The van der Waals surface area contributed by atoms with E-state index in [9.17, 15) is 13.2 Å². The van der Waals surface area contributed by atoms with E-state index in [-0.39, 0.29) is 16.9 Å². The predicted molar refractivity (Wildman–Crippen MR) is 153 cm³/mol. The third kappa shape index (κ3) is 5.08. The molecule has 0 unspecified atom stereocenters. The Hall–Kier alpha value is -2.75. The van der Waals surface area contributed by atoms with Gasteiger partial charge in [-0.05, 0) is 81.7 Å². The molecule has 8 nitrogen and oxygen atoms in total. The van der Waals surface area contributed by atoms with Crippen molar-refractivity contribution in [3.8, 4) is 11.5 Å². The minimum atomic E-state index is -4.15. The van der Waals surface area contributed by atoms with Crippen molar-refractivity contribution in [1.29, 1.82) is 0 Å². The number of carbonyl (C=O) groups is 1. The molecule has 2 aromatic carbocycles.